The van der Waals surface area contributed by atoms with Gasteiger partial charge in [0.05, 0.1) is 10.6 Å². The molecule has 0 unspecified atom stereocenters. The summed E-state index contributed by atoms with van der Waals surface area (Å²) in [5.74, 6) is -0.799. The summed E-state index contributed by atoms with van der Waals surface area (Å²) in [6, 6.07) is 23.4. The molecule has 0 aliphatic carbocycles. The summed E-state index contributed by atoms with van der Waals surface area (Å²) < 4.78 is 28.4. The van der Waals surface area contributed by atoms with Crippen LogP contribution in [0.1, 0.15) is 38.8 Å². The highest BCUT2D eigenvalue weighted by atomic mass is 32.2. The molecule has 3 aromatic rings. The predicted octanol–water partition coefficient (Wildman–Crippen LogP) is 4.52. The maximum absolute atomic E-state index is 13.8. The van der Waals surface area contributed by atoms with Crippen molar-refractivity contribution in [3.63, 3.8) is 0 Å². The molecule has 8 heteroatoms. The van der Waals surface area contributed by atoms with Crippen LogP contribution in [0.15, 0.2) is 89.8 Å². The van der Waals surface area contributed by atoms with Gasteiger partial charge in [-0.3, -0.25) is 13.9 Å². The Morgan fingerprint density at radius 2 is 1.49 bits per heavy atom. The molecule has 0 spiro atoms. The van der Waals surface area contributed by atoms with E-state index in [9.17, 15) is 18.0 Å². The molecule has 7 nitrogen and oxygen atoms in total. The van der Waals surface area contributed by atoms with Crippen LogP contribution in [0.5, 0.6) is 0 Å². The molecule has 0 fully saturated rings. The first kappa shape index (κ1) is 27.9. The van der Waals surface area contributed by atoms with Crippen LogP contribution in [0.2, 0.25) is 0 Å². The fourth-order valence-electron chi connectivity index (χ4n) is 3.91. The molecular formula is C29H35N3O4S. The van der Waals surface area contributed by atoms with E-state index in [1.807, 2.05) is 52.0 Å². The lowest BCUT2D eigenvalue weighted by Crippen LogP contribution is -2.54. The standard InChI is InChI=1S/C29H35N3O4S/c1-22-13-12-14-24(19-22)20-31(23(2)28(34)30-29(3,4)5)27(33)21-32(25-15-8-6-9-16-25)37(35,36)26-17-10-7-11-18-26/h6-19,23H,20-21H2,1-5H3,(H,30,34)/t23-/m1/s1. The van der Waals surface area contributed by atoms with Gasteiger partial charge in [-0.2, -0.15) is 0 Å². The largest absolute Gasteiger partial charge is 0.350 e. The molecule has 0 aromatic heterocycles. The van der Waals surface area contributed by atoms with Gasteiger partial charge < -0.3 is 10.2 Å². The Bertz CT molecular complexity index is 1320. The monoisotopic (exact) mass is 521 g/mol. The van der Waals surface area contributed by atoms with Gasteiger partial charge in [0.1, 0.15) is 12.6 Å². The third-order valence-electron chi connectivity index (χ3n) is 5.76. The van der Waals surface area contributed by atoms with E-state index in [1.54, 1.807) is 55.5 Å². The van der Waals surface area contributed by atoms with E-state index in [2.05, 4.69) is 5.32 Å². The van der Waals surface area contributed by atoms with Crippen LogP contribution in [0, 0.1) is 6.92 Å². The minimum Gasteiger partial charge on any atom is -0.350 e. The number of carbonyl (C=O) groups excluding carboxylic acids is 2. The first-order valence-corrected chi connectivity index (χ1v) is 13.6. The molecule has 3 aromatic carbocycles. The van der Waals surface area contributed by atoms with Crippen molar-refractivity contribution in [2.24, 2.45) is 0 Å². The third kappa shape index (κ3) is 7.43. The van der Waals surface area contributed by atoms with Crippen LogP contribution in [-0.2, 0) is 26.2 Å². The molecule has 2 amide bonds. The lowest BCUT2D eigenvalue weighted by molar-refractivity contribution is -0.140. The smallest absolute Gasteiger partial charge is 0.264 e. The fraction of sp³-hybridized carbons (Fsp3) is 0.310. The van der Waals surface area contributed by atoms with Crippen molar-refractivity contribution in [3.8, 4) is 0 Å². The normalized spacial score (nSPS) is 12.5. The molecule has 0 saturated heterocycles. The number of para-hydroxylation sites is 1. The molecule has 0 radical (unpaired) electrons. The first-order valence-electron chi connectivity index (χ1n) is 12.2. The Kier molecular flexibility index (Phi) is 8.76. The number of benzene rings is 3. The van der Waals surface area contributed by atoms with Gasteiger partial charge in [-0.05, 0) is 64.4 Å². The Labute approximate surface area is 220 Å². The zero-order chi connectivity index (χ0) is 27.2. The predicted molar refractivity (Wildman–Crippen MR) is 147 cm³/mol. The number of hydrogen-bond acceptors (Lipinski definition) is 4. The molecule has 196 valence electrons. The summed E-state index contributed by atoms with van der Waals surface area (Å²) >= 11 is 0. The highest BCUT2D eigenvalue weighted by Crippen LogP contribution is 2.24. The van der Waals surface area contributed by atoms with Gasteiger partial charge in [0.2, 0.25) is 11.8 Å². The van der Waals surface area contributed by atoms with Crippen LogP contribution in [0.4, 0.5) is 5.69 Å². The van der Waals surface area contributed by atoms with Crippen LogP contribution >= 0.6 is 0 Å². The van der Waals surface area contributed by atoms with Crippen LogP contribution < -0.4 is 9.62 Å². The number of hydrogen-bond donors (Lipinski definition) is 1. The van der Waals surface area contributed by atoms with Crippen LogP contribution in [0.25, 0.3) is 0 Å². The quantitative estimate of drug-likeness (QED) is 0.449. The topological polar surface area (TPSA) is 86.8 Å². The lowest BCUT2D eigenvalue weighted by Gasteiger charge is -2.33. The molecule has 0 saturated carbocycles. The van der Waals surface area contributed by atoms with Gasteiger partial charge in [0.15, 0.2) is 0 Å². The van der Waals surface area contributed by atoms with Crippen molar-refractivity contribution in [2.75, 3.05) is 10.8 Å². The molecule has 1 N–H and O–H groups in total. The van der Waals surface area contributed by atoms with Gasteiger partial charge in [0, 0.05) is 12.1 Å². The van der Waals surface area contributed by atoms with E-state index in [1.165, 1.54) is 17.0 Å². The van der Waals surface area contributed by atoms with Gasteiger partial charge in [-0.15, -0.1) is 0 Å². The van der Waals surface area contributed by atoms with Gasteiger partial charge in [-0.1, -0.05) is 66.2 Å². The molecule has 37 heavy (non-hydrogen) atoms. The Morgan fingerprint density at radius 3 is 2.05 bits per heavy atom. The zero-order valence-electron chi connectivity index (χ0n) is 22.0. The fourth-order valence-corrected chi connectivity index (χ4v) is 5.34. The van der Waals surface area contributed by atoms with Gasteiger partial charge in [0.25, 0.3) is 10.0 Å². The zero-order valence-corrected chi connectivity index (χ0v) is 22.8. The van der Waals surface area contributed by atoms with E-state index in [-0.39, 0.29) is 17.3 Å². The van der Waals surface area contributed by atoms with Gasteiger partial charge in [-0.25, -0.2) is 8.42 Å². The minimum atomic E-state index is -4.05. The molecule has 0 bridgehead atoms. The molecular weight excluding hydrogens is 486 g/mol. The van der Waals surface area contributed by atoms with E-state index >= 15 is 0 Å². The second-order valence-electron chi connectivity index (χ2n) is 10.1. The lowest BCUT2D eigenvalue weighted by atomic mass is 10.1. The van der Waals surface area contributed by atoms with Crippen LogP contribution in [-0.4, -0.2) is 43.3 Å². The van der Waals surface area contributed by atoms with Crippen molar-refractivity contribution in [2.45, 2.75) is 57.6 Å². The highest BCUT2D eigenvalue weighted by molar-refractivity contribution is 7.92. The van der Waals surface area contributed by atoms with Gasteiger partial charge >= 0.3 is 0 Å². The molecule has 3 rings (SSSR count). The van der Waals surface area contributed by atoms with Crippen molar-refractivity contribution >= 4 is 27.5 Å². The van der Waals surface area contributed by atoms with Crippen molar-refractivity contribution < 1.29 is 18.0 Å². The number of rotatable bonds is 9. The number of anilines is 1. The van der Waals surface area contributed by atoms with E-state index in [0.717, 1.165) is 15.4 Å². The van der Waals surface area contributed by atoms with Crippen molar-refractivity contribution in [1.82, 2.24) is 10.2 Å². The molecule has 0 aliphatic heterocycles. The Balaban J connectivity index is 2.00. The molecule has 0 heterocycles. The Hall–Kier alpha value is -3.65. The SMILES string of the molecule is Cc1cccc(CN(C(=O)CN(c2ccccc2)S(=O)(=O)c2ccccc2)[C@H](C)C(=O)NC(C)(C)C)c1. The first-order chi connectivity index (χ1) is 17.4. The Morgan fingerprint density at radius 1 is 0.892 bits per heavy atom. The maximum Gasteiger partial charge on any atom is 0.264 e. The second-order valence-corrected chi connectivity index (χ2v) is 11.9. The van der Waals surface area contributed by atoms with E-state index < -0.39 is 34.1 Å². The average Bonchev–Trinajstić information content (AvgIpc) is 2.85. The number of nitrogens with zero attached hydrogens (tertiary/aromatic N) is 2. The maximum atomic E-state index is 13.8. The summed E-state index contributed by atoms with van der Waals surface area (Å²) in [5, 5.41) is 2.93. The van der Waals surface area contributed by atoms with E-state index in [4.69, 9.17) is 0 Å². The molecule has 1 atom stereocenters. The summed E-state index contributed by atoms with van der Waals surface area (Å²) in [7, 11) is -4.05. The van der Waals surface area contributed by atoms with E-state index in [0.29, 0.717) is 5.69 Å². The summed E-state index contributed by atoms with van der Waals surface area (Å²) in [6.07, 6.45) is 0. The average molecular weight is 522 g/mol. The number of aryl methyl sites for hydroxylation is 1. The summed E-state index contributed by atoms with van der Waals surface area (Å²) in [5.41, 5.74) is 1.74. The van der Waals surface area contributed by atoms with Crippen molar-refractivity contribution in [1.29, 1.82) is 0 Å². The summed E-state index contributed by atoms with van der Waals surface area (Å²) in [4.78, 5) is 28.5. The van der Waals surface area contributed by atoms with Crippen LogP contribution in [0.3, 0.4) is 0 Å². The third-order valence-corrected chi connectivity index (χ3v) is 7.54. The number of amides is 2. The number of nitrogens with one attached hydrogen (secondary N) is 1. The molecule has 0 aliphatic rings. The second kappa shape index (κ2) is 11.6. The summed E-state index contributed by atoms with van der Waals surface area (Å²) in [6.45, 7) is 8.92. The number of sulfonamides is 1. The number of carbonyl (C=O) groups is 2. The minimum absolute atomic E-state index is 0.0791. The van der Waals surface area contributed by atoms with Crippen molar-refractivity contribution in [3.05, 3.63) is 96.1 Å². The highest BCUT2D eigenvalue weighted by Gasteiger charge is 2.33.